The quantitative estimate of drug-likeness (QED) is 0.295. The van der Waals surface area contributed by atoms with Gasteiger partial charge >= 0.3 is 0 Å². The Morgan fingerprint density at radius 3 is 2.31 bits per heavy atom. The summed E-state index contributed by atoms with van der Waals surface area (Å²) in [5, 5.41) is 4.14. The molecule has 0 amide bonds. The van der Waals surface area contributed by atoms with Crippen LogP contribution in [0.15, 0.2) is 94.5 Å². The van der Waals surface area contributed by atoms with Gasteiger partial charge in [-0.05, 0) is 18.2 Å². The van der Waals surface area contributed by atoms with Crippen LogP contribution in [0, 0.1) is 5.82 Å². The first-order valence-electron chi connectivity index (χ1n) is 8.93. The van der Waals surface area contributed by atoms with Crippen LogP contribution in [0.1, 0.15) is 5.56 Å². The summed E-state index contributed by atoms with van der Waals surface area (Å²) in [4.78, 5) is 9.27. The van der Waals surface area contributed by atoms with Crippen LogP contribution in [0.4, 0.5) is 10.2 Å². The fraction of sp³-hybridized carbons (Fsp3) is 0. The summed E-state index contributed by atoms with van der Waals surface area (Å²) in [6.07, 6.45) is 1.43. The lowest BCUT2D eigenvalue weighted by atomic mass is 10.1. The van der Waals surface area contributed by atoms with Gasteiger partial charge in [0.25, 0.3) is 0 Å². The monoisotopic (exact) mass is 446 g/mol. The predicted molar refractivity (Wildman–Crippen MR) is 118 cm³/mol. The maximum atomic E-state index is 13.8. The first kappa shape index (κ1) is 19.0. The smallest absolute Gasteiger partial charge is 0.162 e. The molecular formula is C23H16BrFN4. The van der Waals surface area contributed by atoms with Gasteiger partial charge in [0.15, 0.2) is 11.6 Å². The highest BCUT2D eigenvalue weighted by Crippen LogP contribution is 2.25. The number of aromatic nitrogens is 2. The second kappa shape index (κ2) is 8.75. The number of nitrogens with one attached hydrogen (secondary N) is 1. The molecule has 6 heteroatoms. The van der Waals surface area contributed by atoms with Crippen LogP contribution < -0.4 is 5.43 Å². The van der Waals surface area contributed by atoms with Crippen molar-refractivity contribution in [2.24, 2.45) is 5.10 Å². The zero-order chi connectivity index (χ0) is 20.1. The van der Waals surface area contributed by atoms with Gasteiger partial charge in [0.2, 0.25) is 0 Å². The molecule has 29 heavy (non-hydrogen) atoms. The van der Waals surface area contributed by atoms with Crippen LogP contribution in [-0.2, 0) is 0 Å². The van der Waals surface area contributed by atoms with Gasteiger partial charge in [-0.25, -0.2) is 14.4 Å². The van der Waals surface area contributed by atoms with Crippen molar-refractivity contribution in [2.75, 3.05) is 5.43 Å². The molecule has 4 aromatic rings. The number of hydrazone groups is 1. The van der Waals surface area contributed by atoms with Crippen LogP contribution in [0.25, 0.3) is 22.6 Å². The average molecular weight is 447 g/mol. The summed E-state index contributed by atoms with van der Waals surface area (Å²) < 4.78 is 14.8. The highest BCUT2D eigenvalue weighted by atomic mass is 79.9. The minimum Gasteiger partial charge on any atom is -0.261 e. The Balaban J connectivity index is 1.69. The summed E-state index contributed by atoms with van der Waals surface area (Å²) in [6, 6.07) is 25.9. The van der Waals surface area contributed by atoms with Gasteiger partial charge < -0.3 is 0 Å². The highest BCUT2D eigenvalue weighted by Gasteiger charge is 2.09. The molecule has 4 rings (SSSR count). The van der Waals surface area contributed by atoms with E-state index in [4.69, 9.17) is 4.98 Å². The molecular weight excluding hydrogens is 431 g/mol. The molecule has 0 aliphatic rings. The molecule has 4 nitrogen and oxygen atoms in total. The molecule has 0 saturated heterocycles. The molecule has 0 aliphatic carbocycles. The van der Waals surface area contributed by atoms with E-state index in [0.29, 0.717) is 17.2 Å². The molecule has 0 atom stereocenters. The van der Waals surface area contributed by atoms with Gasteiger partial charge in [0.05, 0.1) is 11.9 Å². The van der Waals surface area contributed by atoms with Crippen molar-refractivity contribution >= 4 is 28.0 Å². The van der Waals surface area contributed by atoms with E-state index in [-0.39, 0.29) is 5.82 Å². The molecule has 0 bridgehead atoms. The first-order valence-corrected chi connectivity index (χ1v) is 9.72. The van der Waals surface area contributed by atoms with Crippen molar-refractivity contribution in [3.05, 3.63) is 101 Å². The largest absolute Gasteiger partial charge is 0.261 e. The van der Waals surface area contributed by atoms with Crippen molar-refractivity contribution in [3.8, 4) is 22.6 Å². The molecule has 3 aromatic carbocycles. The Bertz CT molecular complexity index is 1150. The van der Waals surface area contributed by atoms with Crippen molar-refractivity contribution in [1.29, 1.82) is 0 Å². The number of anilines is 1. The standard InChI is InChI=1S/C23H16BrFN4/c24-19-12-10-17(11-13-19)23-27-21(16-6-2-1-3-7-16)14-22(28-23)29-26-15-18-8-4-5-9-20(18)25/h1-15H,(H,27,28,29). The molecule has 1 aromatic heterocycles. The fourth-order valence-corrected chi connectivity index (χ4v) is 3.00. The van der Waals surface area contributed by atoms with E-state index in [1.807, 2.05) is 60.7 Å². The zero-order valence-electron chi connectivity index (χ0n) is 15.3. The Labute approximate surface area is 176 Å². The SMILES string of the molecule is Fc1ccccc1C=NNc1cc(-c2ccccc2)nc(-c2ccc(Br)cc2)n1. The van der Waals surface area contributed by atoms with Crippen molar-refractivity contribution in [2.45, 2.75) is 0 Å². The minimum atomic E-state index is -0.332. The Morgan fingerprint density at radius 1 is 0.828 bits per heavy atom. The summed E-state index contributed by atoms with van der Waals surface area (Å²) in [5.41, 5.74) is 5.90. The maximum Gasteiger partial charge on any atom is 0.162 e. The van der Waals surface area contributed by atoms with Gasteiger partial charge in [-0.15, -0.1) is 0 Å². The van der Waals surface area contributed by atoms with Crippen LogP contribution in [0.3, 0.4) is 0 Å². The van der Waals surface area contributed by atoms with Crippen LogP contribution in [-0.4, -0.2) is 16.2 Å². The second-order valence-corrected chi connectivity index (χ2v) is 7.14. The number of hydrogen-bond donors (Lipinski definition) is 1. The lowest BCUT2D eigenvalue weighted by Gasteiger charge is -2.08. The molecule has 0 aliphatic heterocycles. The Morgan fingerprint density at radius 2 is 1.55 bits per heavy atom. The van der Waals surface area contributed by atoms with E-state index in [1.165, 1.54) is 12.3 Å². The van der Waals surface area contributed by atoms with E-state index in [9.17, 15) is 4.39 Å². The molecule has 142 valence electrons. The molecule has 1 heterocycles. The van der Waals surface area contributed by atoms with Gasteiger partial charge in [0, 0.05) is 27.2 Å². The predicted octanol–water partition coefficient (Wildman–Crippen LogP) is 6.16. The molecule has 1 N–H and O–H groups in total. The summed E-state index contributed by atoms with van der Waals surface area (Å²) in [6.45, 7) is 0. The molecule has 0 radical (unpaired) electrons. The molecule has 0 fully saturated rings. The molecule has 0 spiro atoms. The summed E-state index contributed by atoms with van der Waals surface area (Å²) >= 11 is 3.44. The number of halogens is 2. The van der Waals surface area contributed by atoms with Gasteiger partial charge in [-0.3, -0.25) is 5.43 Å². The minimum absolute atomic E-state index is 0.332. The number of hydrogen-bond acceptors (Lipinski definition) is 4. The van der Waals surface area contributed by atoms with Crippen LogP contribution >= 0.6 is 15.9 Å². The van der Waals surface area contributed by atoms with Gasteiger partial charge in [-0.2, -0.15) is 5.10 Å². The molecule has 0 saturated carbocycles. The third-order valence-corrected chi connectivity index (χ3v) is 4.71. The van der Waals surface area contributed by atoms with Crippen molar-refractivity contribution in [3.63, 3.8) is 0 Å². The number of nitrogens with zero attached hydrogens (tertiary/aromatic N) is 3. The van der Waals surface area contributed by atoms with E-state index in [1.54, 1.807) is 18.2 Å². The third-order valence-electron chi connectivity index (χ3n) is 4.19. The normalized spacial score (nSPS) is 11.0. The van der Waals surface area contributed by atoms with E-state index in [0.717, 1.165) is 21.3 Å². The molecule has 0 unspecified atom stereocenters. The fourth-order valence-electron chi connectivity index (χ4n) is 2.74. The van der Waals surface area contributed by atoms with Crippen molar-refractivity contribution in [1.82, 2.24) is 9.97 Å². The van der Waals surface area contributed by atoms with E-state index in [2.05, 4.69) is 31.4 Å². The topological polar surface area (TPSA) is 50.2 Å². The summed E-state index contributed by atoms with van der Waals surface area (Å²) in [7, 11) is 0. The number of rotatable bonds is 5. The Hall–Kier alpha value is -3.38. The van der Waals surface area contributed by atoms with Gasteiger partial charge in [0.1, 0.15) is 5.82 Å². The van der Waals surface area contributed by atoms with Gasteiger partial charge in [-0.1, -0.05) is 76.6 Å². The number of benzene rings is 3. The van der Waals surface area contributed by atoms with E-state index >= 15 is 0 Å². The zero-order valence-corrected chi connectivity index (χ0v) is 16.8. The lowest BCUT2D eigenvalue weighted by molar-refractivity contribution is 0.626. The first-order chi connectivity index (χ1) is 14.2. The second-order valence-electron chi connectivity index (χ2n) is 6.23. The van der Waals surface area contributed by atoms with Crippen LogP contribution in [0.2, 0.25) is 0 Å². The highest BCUT2D eigenvalue weighted by molar-refractivity contribution is 9.10. The van der Waals surface area contributed by atoms with Crippen molar-refractivity contribution < 1.29 is 4.39 Å². The van der Waals surface area contributed by atoms with Crippen LogP contribution in [0.5, 0.6) is 0 Å². The Kier molecular flexibility index (Phi) is 5.72. The maximum absolute atomic E-state index is 13.8. The third kappa shape index (κ3) is 4.73. The lowest BCUT2D eigenvalue weighted by Crippen LogP contribution is -1.99. The van der Waals surface area contributed by atoms with E-state index < -0.39 is 0 Å². The summed E-state index contributed by atoms with van der Waals surface area (Å²) in [5.74, 6) is 0.757. The average Bonchev–Trinajstić information content (AvgIpc) is 2.76.